The summed E-state index contributed by atoms with van der Waals surface area (Å²) >= 11 is 4.45. The molecule has 0 fully saturated rings. The van der Waals surface area contributed by atoms with Crippen LogP contribution in [0.4, 0.5) is 0 Å². The Balaban J connectivity index is 4.71. The molecule has 458 valence electrons. The molecule has 0 bridgehead atoms. The van der Waals surface area contributed by atoms with Crippen LogP contribution in [0.3, 0.4) is 0 Å². The second-order valence-corrected chi connectivity index (χ2v) is 26.5. The minimum Gasteiger partial charge on any atom is -0.466 e. The SMILES string of the molecule is CCC(COC(=O)CCSCCC(=O)OCCCCCCCCCCC(C)C)(COC(=O)CCSCCC(=O)OCCCCCCCCCCC(C)C)COC(=O)CCSCCC(=O)OCCCCCCCCCCC(C)C. The van der Waals surface area contributed by atoms with E-state index in [0.717, 1.165) is 56.3 Å². The van der Waals surface area contributed by atoms with Crippen LogP contribution < -0.4 is 0 Å². The molecule has 15 heteroatoms. The molecule has 0 aliphatic carbocycles. The van der Waals surface area contributed by atoms with Crippen molar-refractivity contribution in [2.75, 3.05) is 74.2 Å². The van der Waals surface area contributed by atoms with E-state index in [4.69, 9.17) is 28.4 Å². The largest absolute Gasteiger partial charge is 0.466 e. The maximum Gasteiger partial charge on any atom is 0.306 e. The van der Waals surface area contributed by atoms with Crippen LogP contribution in [0.5, 0.6) is 0 Å². The summed E-state index contributed by atoms with van der Waals surface area (Å²) in [5.41, 5.74) is -0.959. The van der Waals surface area contributed by atoms with Crippen molar-refractivity contribution in [3.05, 3.63) is 0 Å². The summed E-state index contributed by atoms with van der Waals surface area (Å²) in [7, 11) is 0. The van der Waals surface area contributed by atoms with E-state index in [2.05, 4.69) is 41.5 Å². The molecule has 0 unspecified atom stereocenters. The molecule has 0 aromatic rings. The lowest BCUT2D eigenvalue weighted by Gasteiger charge is -2.31. The van der Waals surface area contributed by atoms with Crippen LogP contribution in [0.25, 0.3) is 0 Å². The first-order valence-corrected chi connectivity index (χ1v) is 34.8. The maximum atomic E-state index is 12.9. The van der Waals surface area contributed by atoms with Crippen molar-refractivity contribution in [1.29, 1.82) is 0 Å². The van der Waals surface area contributed by atoms with Gasteiger partial charge in [0.1, 0.15) is 19.8 Å². The third-order valence-electron chi connectivity index (χ3n) is 13.9. The average Bonchev–Trinajstić information content (AvgIpc) is 3.40. The van der Waals surface area contributed by atoms with Crippen molar-refractivity contribution in [2.24, 2.45) is 23.2 Å². The molecule has 0 spiro atoms. The van der Waals surface area contributed by atoms with Gasteiger partial charge in [0.25, 0.3) is 0 Å². The van der Waals surface area contributed by atoms with E-state index >= 15 is 0 Å². The first-order chi connectivity index (χ1) is 37.7. The van der Waals surface area contributed by atoms with E-state index in [9.17, 15) is 28.8 Å². The van der Waals surface area contributed by atoms with Crippen LogP contribution in [-0.4, -0.2) is 110 Å². The van der Waals surface area contributed by atoms with E-state index in [0.29, 0.717) is 60.8 Å². The monoisotopic (exact) mass is 1160 g/mol. The number of hydrogen-bond acceptors (Lipinski definition) is 15. The van der Waals surface area contributed by atoms with Gasteiger partial charge < -0.3 is 28.4 Å². The molecule has 0 amide bonds. The van der Waals surface area contributed by atoms with Gasteiger partial charge in [-0.25, -0.2) is 0 Å². The Hall–Kier alpha value is -2.13. The summed E-state index contributed by atoms with van der Waals surface area (Å²) in [6.45, 7) is 16.5. The Morgan fingerprint density at radius 1 is 0.295 bits per heavy atom. The first-order valence-electron chi connectivity index (χ1n) is 31.3. The Morgan fingerprint density at radius 3 is 0.692 bits per heavy atom. The predicted molar refractivity (Wildman–Crippen MR) is 327 cm³/mol. The molecule has 0 N–H and O–H groups in total. The normalized spacial score (nSPS) is 11.6. The molecule has 0 aromatic heterocycles. The van der Waals surface area contributed by atoms with Crippen molar-refractivity contribution >= 4 is 71.1 Å². The Labute approximate surface area is 489 Å². The fraction of sp³-hybridized carbons (Fsp3) is 0.905. The molecule has 0 saturated carbocycles. The van der Waals surface area contributed by atoms with Crippen LogP contribution in [0.2, 0.25) is 0 Å². The van der Waals surface area contributed by atoms with Crippen LogP contribution in [-0.2, 0) is 57.2 Å². The Morgan fingerprint density at radius 2 is 0.487 bits per heavy atom. The highest BCUT2D eigenvalue weighted by atomic mass is 32.2. The van der Waals surface area contributed by atoms with Gasteiger partial charge in [-0.15, -0.1) is 0 Å². The zero-order chi connectivity index (χ0) is 57.6. The summed E-state index contributed by atoms with van der Waals surface area (Å²) in [5, 5.41) is 0. The van der Waals surface area contributed by atoms with Gasteiger partial charge >= 0.3 is 35.8 Å². The van der Waals surface area contributed by atoms with Crippen LogP contribution in [0, 0.1) is 23.2 Å². The molecule has 0 heterocycles. The number of carbonyl (C=O) groups is 6. The summed E-state index contributed by atoms with van der Waals surface area (Å²) in [5.74, 6) is 3.40. The van der Waals surface area contributed by atoms with Crippen molar-refractivity contribution in [2.45, 2.75) is 267 Å². The van der Waals surface area contributed by atoms with E-state index in [1.54, 1.807) is 0 Å². The number of thioether (sulfide) groups is 3. The minimum absolute atomic E-state index is 0.108. The highest BCUT2D eigenvalue weighted by molar-refractivity contribution is 7.99. The lowest BCUT2D eigenvalue weighted by Crippen LogP contribution is -2.39. The maximum absolute atomic E-state index is 12.9. The van der Waals surface area contributed by atoms with Crippen molar-refractivity contribution in [3.63, 3.8) is 0 Å². The molecule has 0 atom stereocenters. The highest BCUT2D eigenvalue weighted by Gasteiger charge is 2.34. The zero-order valence-corrected chi connectivity index (χ0v) is 53.3. The molecule has 0 aliphatic heterocycles. The lowest BCUT2D eigenvalue weighted by atomic mass is 9.88. The van der Waals surface area contributed by atoms with Crippen LogP contribution in [0.1, 0.15) is 267 Å². The second-order valence-electron chi connectivity index (χ2n) is 22.9. The van der Waals surface area contributed by atoms with Gasteiger partial charge in [0.15, 0.2) is 0 Å². The van der Waals surface area contributed by atoms with Gasteiger partial charge in [0, 0.05) is 34.5 Å². The molecular weight excluding hydrogens is 1040 g/mol. The third-order valence-corrected chi connectivity index (χ3v) is 16.8. The number of hydrogen-bond donors (Lipinski definition) is 0. The van der Waals surface area contributed by atoms with Crippen LogP contribution in [0.15, 0.2) is 0 Å². The second kappa shape index (κ2) is 55.4. The van der Waals surface area contributed by atoms with Crippen molar-refractivity contribution < 1.29 is 57.2 Å². The first kappa shape index (κ1) is 75.9. The van der Waals surface area contributed by atoms with E-state index < -0.39 is 23.3 Å². The standard InChI is InChI=1S/C63H116O12S3/c1-8-63(51-73-60(67)39-48-76-45-36-57(64)70-42-30-24-18-12-9-15-21-27-33-54(2)3,52-74-61(68)40-49-77-46-37-58(65)71-43-31-25-19-13-10-16-22-28-34-55(4)5)53-75-62(69)41-50-78-47-38-59(66)72-44-32-26-20-14-11-17-23-29-35-56(6)7/h54-56H,8-53H2,1-7H3. The number of unbranched alkanes of at least 4 members (excludes halogenated alkanes) is 21. The fourth-order valence-electron chi connectivity index (χ4n) is 8.51. The van der Waals surface area contributed by atoms with Gasteiger partial charge in [-0.05, 0) is 43.4 Å². The topological polar surface area (TPSA) is 158 Å². The third kappa shape index (κ3) is 54.5. The Kier molecular flexibility index (Phi) is 53.9. The molecule has 0 radical (unpaired) electrons. The number of carbonyl (C=O) groups excluding carboxylic acids is 6. The zero-order valence-electron chi connectivity index (χ0n) is 50.9. The molecular formula is C63H116O12S3. The van der Waals surface area contributed by atoms with Crippen molar-refractivity contribution in [1.82, 2.24) is 0 Å². The van der Waals surface area contributed by atoms with Gasteiger partial charge in [-0.1, -0.05) is 203 Å². The average molecular weight is 1160 g/mol. The smallest absolute Gasteiger partial charge is 0.306 e. The molecule has 0 saturated heterocycles. The Bertz CT molecular complexity index is 1300. The summed E-state index contributed by atoms with van der Waals surface area (Å²) < 4.78 is 33.4. The summed E-state index contributed by atoms with van der Waals surface area (Å²) in [6, 6.07) is 0. The van der Waals surface area contributed by atoms with E-state index in [1.807, 2.05) is 6.92 Å². The molecule has 12 nitrogen and oxygen atoms in total. The minimum atomic E-state index is -0.959. The summed E-state index contributed by atoms with van der Waals surface area (Å²) in [6.07, 6.45) is 34.3. The van der Waals surface area contributed by atoms with E-state index in [1.165, 1.54) is 170 Å². The summed E-state index contributed by atoms with van der Waals surface area (Å²) in [4.78, 5) is 75.6. The number of ether oxygens (including phenoxy) is 6. The van der Waals surface area contributed by atoms with Gasteiger partial charge in [0.2, 0.25) is 0 Å². The van der Waals surface area contributed by atoms with Gasteiger partial charge in [-0.3, -0.25) is 28.8 Å². The predicted octanol–water partition coefficient (Wildman–Crippen LogP) is 16.7. The number of rotatable bonds is 58. The van der Waals surface area contributed by atoms with E-state index in [-0.39, 0.29) is 76.3 Å². The number of esters is 6. The fourth-order valence-corrected chi connectivity index (χ4v) is 11.0. The molecule has 78 heavy (non-hydrogen) atoms. The highest BCUT2D eigenvalue weighted by Crippen LogP contribution is 2.26. The van der Waals surface area contributed by atoms with Crippen molar-refractivity contribution in [3.8, 4) is 0 Å². The van der Waals surface area contributed by atoms with Gasteiger partial charge in [0.05, 0.1) is 63.8 Å². The molecule has 0 aromatic carbocycles. The van der Waals surface area contributed by atoms with Crippen LogP contribution >= 0.6 is 35.3 Å². The lowest BCUT2D eigenvalue weighted by molar-refractivity contribution is -0.162. The molecule has 0 aliphatic rings. The molecule has 0 rings (SSSR count). The van der Waals surface area contributed by atoms with Gasteiger partial charge in [-0.2, -0.15) is 35.3 Å². The quantitative estimate of drug-likeness (QED) is 0.0321.